The van der Waals surface area contributed by atoms with Crippen LogP contribution in [-0.4, -0.2) is 34.0 Å². The van der Waals surface area contributed by atoms with Crippen LogP contribution >= 0.6 is 7.37 Å². The Morgan fingerprint density at radius 1 is 1.54 bits per heavy atom. The Morgan fingerprint density at radius 2 is 2.00 bits per heavy atom. The van der Waals surface area contributed by atoms with Crippen LogP contribution in [0.4, 0.5) is 0 Å². The van der Waals surface area contributed by atoms with E-state index in [0.29, 0.717) is 0 Å². The van der Waals surface area contributed by atoms with Crippen LogP contribution in [0, 0.1) is 0 Å². The largest absolute Gasteiger partial charge is 0.480 e. The third-order valence-electron chi connectivity index (χ3n) is 1.71. The van der Waals surface area contributed by atoms with Gasteiger partial charge in [-0.25, -0.2) is 0 Å². The van der Waals surface area contributed by atoms with Gasteiger partial charge >= 0.3 is 5.97 Å². The number of carbonyl (C=O) groups is 1. The third kappa shape index (κ3) is 4.38. The Bertz CT molecular complexity index is 231. The topological polar surface area (TPSA) is 127 Å². The van der Waals surface area contributed by atoms with Crippen LogP contribution < -0.4 is 11.5 Å². The summed E-state index contributed by atoms with van der Waals surface area (Å²) >= 11 is 0. The van der Waals surface area contributed by atoms with Crippen LogP contribution in [0.1, 0.15) is 13.3 Å². The molecular weight excluding hydrogens is 195 g/mol. The van der Waals surface area contributed by atoms with Gasteiger partial charge in [0.2, 0.25) is 7.37 Å². The lowest BCUT2D eigenvalue weighted by molar-refractivity contribution is -0.138. The molecule has 0 saturated heterocycles. The number of hydrogen-bond acceptors (Lipinski definition) is 4. The van der Waals surface area contributed by atoms with Crippen molar-refractivity contribution in [2.75, 3.05) is 6.16 Å². The van der Waals surface area contributed by atoms with Gasteiger partial charge in [-0.1, -0.05) is 0 Å². The Morgan fingerprint density at radius 3 is 2.31 bits per heavy atom. The number of aliphatic carboxylic acids is 1. The first-order valence-electron chi connectivity index (χ1n) is 3.83. The minimum absolute atomic E-state index is 0.0371. The quantitative estimate of drug-likeness (QED) is 0.447. The van der Waals surface area contributed by atoms with Crippen molar-refractivity contribution in [3.05, 3.63) is 0 Å². The molecule has 0 radical (unpaired) electrons. The lowest BCUT2D eigenvalue weighted by Crippen LogP contribution is -2.31. The highest BCUT2D eigenvalue weighted by Gasteiger charge is 2.25. The smallest absolute Gasteiger partial charge is 0.320 e. The fourth-order valence-electron chi connectivity index (χ4n) is 0.651. The number of hydrogen-bond donors (Lipinski definition) is 4. The van der Waals surface area contributed by atoms with Gasteiger partial charge in [0.25, 0.3) is 0 Å². The average molecular weight is 210 g/mol. The molecule has 0 saturated carbocycles. The first-order valence-corrected chi connectivity index (χ1v) is 5.74. The van der Waals surface area contributed by atoms with Gasteiger partial charge < -0.3 is 21.5 Å². The molecule has 7 heteroatoms. The molecule has 3 atom stereocenters. The van der Waals surface area contributed by atoms with E-state index in [9.17, 15) is 14.3 Å². The van der Waals surface area contributed by atoms with Crippen LogP contribution in [0.2, 0.25) is 0 Å². The molecule has 0 fully saturated rings. The van der Waals surface area contributed by atoms with Gasteiger partial charge in [0, 0.05) is 6.16 Å². The fourth-order valence-corrected chi connectivity index (χ4v) is 1.71. The molecule has 0 rings (SSSR count). The summed E-state index contributed by atoms with van der Waals surface area (Å²) in [5.41, 5.74) is 10.4. The molecule has 0 aromatic rings. The van der Waals surface area contributed by atoms with E-state index in [-0.39, 0.29) is 12.6 Å². The molecule has 6 nitrogen and oxygen atoms in total. The van der Waals surface area contributed by atoms with E-state index in [1.165, 1.54) is 6.92 Å². The minimum Gasteiger partial charge on any atom is -0.480 e. The van der Waals surface area contributed by atoms with Crippen LogP contribution in [0.25, 0.3) is 0 Å². The zero-order chi connectivity index (χ0) is 10.6. The predicted molar refractivity (Wildman–Crippen MR) is 48.6 cm³/mol. The van der Waals surface area contributed by atoms with Crippen LogP contribution in [0.3, 0.4) is 0 Å². The zero-order valence-electron chi connectivity index (χ0n) is 7.38. The predicted octanol–water partition coefficient (Wildman–Crippen LogP) is -0.636. The van der Waals surface area contributed by atoms with Crippen molar-refractivity contribution >= 4 is 13.3 Å². The normalized spacial score (nSPS) is 20.3. The Labute approximate surface area is 76.4 Å². The third-order valence-corrected chi connectivity index (χ3v) is 3.89. The van der Waals surface area contributed by atoms with Gasteiger partial charge in [0.15, 0.2) is 0 Å². The van der Waals surface area contributed by atoms with Crippen molar-refractivity contribution in [3.8, 4) is 0 Å². The van der Waals surface area contributed by atoms with Crippen molar-refractivity contribution in [1.29, 1.82) is 0 Å². The van der Waals surface area contributed by atoms with Gasteiger partial charge in [-0.15, -0.1) is 0 Å². The fraction of sp³-hybridized carbons (Fsp3) is 0.833. The van der Waals surface area contributed by atoms with E-state index in [0.717, 1.165) is 0 Å². The summed E-state index contributed by atoms with van der Waals surface area (Å²) in [5.74, 6) is -2.02. The number of carboxylic acid groups (broad SMARTS) is 1. The molecule has 0 amide bonds. The van der Waals surface area contributed by atoms with E-state index in [1.807, 2.05) is 0 Å². The molecule has 0 bridgehead atoms. The maximum Gasteiger partial charge on any atom is 0.320 e. The summed E-state index contributed by atoms with van der Waals surface area (Å²) in [7, 11) is -3.42. The van der Waals surface area contributed by atoms with E-state index in [2.05, 4.69) is 0 Å². The van der Waals surface area contributed by atoms with Gasteiger partial charge in [-0.2, -0.15) is 0 Å². The van der Waals surface area contributed by atoms with Crippen LogP contribution in [-0.2, 0) is 9.36 Å². The van der Waals surface area contributed by atoms with Gasteiger partial charge in [0.1, 0.15) is 6.04 Å². The Kier molecular flexibility index (Phi) is 4.56. The SMILES string of the molecule is C[C@H](N)P(=O)(O)CC[C@H](N)C(=O)O. The second kappa shape index (κ2) is 4.72. The second-order valence-electron chi connectivity index (χ2n) is 2.95. The van der Waals surface area contributed by atoms with Crippen LogP contribution in [0.15, 0.2) is 0 Å². The molecule has 0 aromatic heterocycles. The molecule has 0 aliphatic heterocycles. The molecule has 0 heterocycles. The van der Waals surface area contributed by atoms with E-state index in [4.69, 9.17) is 16.6 Å². The highest BCUT2D eigenvalue weighted by molar-refractivity contribution is 7.58. The molecule has 0 spiro atoms. The summed E-state index contributed by atoms with van der Waals surface area (Å²) in [5, 5.41) is 8.39. The van der Waals surface area contributed by atoms with Crippen molar-refractivity contribution < 1.29 is 19.4 Å². The van der Waals surface area contributed by atoms with Gasteiger partial charge in [0.05, 0.1) is 5.78 Å². The lowest BCUT2D eigenvalue weighted by atomic mass is 10.2. The first kappa shape index (κ1) is 12.6. The van der Waals surface area contributed by atoms with E-state index >= 15 is 0 Å². The number of nitrogens with two attached hydrogens (primary N) is 2. The lowest BCUT2D eigenvalue weighted by Gasteiger charge is -2.15. The molecule has 1 unspecified atom stereocenters. The molecule has 6 N–H and O–H groups in total. The maximum atomic E-state index is 11.2. The minimum atomic E-state index is -3.42. The molecular formula is C6H15N2O4P. The van der Waals surface area contributed by atoms with E-state index < -0.39 is 25.2 Å². The molecule has 0 aromatic carbocycles. The zero-order valence-corrected chi connectivity index (χ0v) is 8.28. The highest BCUT2D eigenvalue weighted by atomic mass is 31.2. The van der Waals surface area contributed by atoms with Crippen molar-refractivity contribution in [2.45, 2.75) is 25.2 Å². The van der Waals surface area contributed by atoms with Crippen molar-refractivity contribution in [2.24, 2.45) is 11.5 Å². The summed E-state index contributed by atoms with van der Waals surface area (Å²) in [6.45, 7) is 1.41. The summed E-state index contributed by atoms with van der Waals surface area (Å²) in [6, 6.07) is -1.10. The Hall–Kier alpha value is -0.420. The number of carboxylic acids is 1. The van der Waals surface area contributed by atoms with Gasteiger partial charge in [-0.05, 0) is 13.3 Å². The molecule has 78 valence electrons. The van der Waals surface area contributed by atoms with Gasteiger partial charge in [-0.3, -0.25) is 9.36 Å². The first-order chi connectivity index (χ1) is 5.77. The summed E-state index contributed by atoms with van der Waals surface area (Å²) in [4.78, 5) is 19.5. The average Bonchev–Trinajstić information content (AvgIpc) is 1.99. The molecule has 0 aliphatic carbocycles. The summed E-state index contributed by atoms with van der Waals surface area (Å²) < 4.78 is 11.2. The monoisotopic (exact) mass is 210 g/mol. The maximum absolute atomic E-state index is 11.2. The van der Waals surface area contributed by atoms with E-state index in [1.54, 1.807) is 0 Å². The second-order valence-corrected chi connectivity index (χ2v) is 5.73. The van der Waals surface area contributed by atoms with Crippen LogP contribution in [0.5, 0.6) is 0 Å². The van der Waals surface area contributed by atoms with Crippen molar-refractivity contribution in [3.63, 3.8) is 0 Å². The molecule has 13 heavy (non-hydrogen) atoms. The summed E-state index contributed by atoms with van der Waals surface area (Å²) in [6.07, 6.45) is -0.192. The number of rotatable bonds is 5. The Balaban J connectivity index is 4.03. The van der Waals surface area contributed by atoms with Crippen molar-refractivity contribution in [1.82, 2.24) is 0 Å². The standard InChI is InChI=1S/C6H15N2O4P/c1-4(7)13(11,12)3-2-5(8)6(9)10/h4-5H,2-3,7-8H2,1H3,(H,9,10)(H,11,12)/t4-,5+/m1/s1. The molecule has 0 aliphatic rings. The highest BCUT2D eigenvalue weighted by Crippen LogP contribution is 2.44.